The van der Waals surface area contributed by atoms with E-state index in [1.165, 1.54) is 0 Å². The predicted molar refractivity (Wildman–Crippen MR) is 86.0 cm³/mol. The summed E-state index contributed by atoms with van der Waals surface area (Å²) in [5.41, 5.74) is 0.0809. The Balaban J connectivity index is 2.36. The molecule has 3 heteroatoms. The van der Waals surface area contributed by atoms with Crippen LogP contribution in [-0.2, 0) is 11.3 Å². The van der Waals surface area contributed by atoms with E-state index in [4.69, 9.17) is 4.74 Å². The molecule has 0 aliphatic rings. The second kappa shape index (κ2) is 9.72. The van der Waals surface area contributed by atoms with Crippen molar-refractivity contribution >= 4 is 0 Å². The molecule has 1 rings (SSSR count). The molecule has 0 fully saturated rings. The summed E-state index contributed by atoms with van der Waals surface area (Å²) in [6.45, 7) is 6.13. The third-order valence-electron chi connectivity index (χ3n) is 3.82. The first kappa shape index (κ1) is 17.9. The summed E-state index contributed by atoms with van der Waals surface area (Å²) in [7, 11) is 0. The zero-order chi connectivity index (χ0) is 15.6. The topological polar surface area (TPSA) is 49.7 Å². The zero-order valence-electron chi connectivity index (χ0n) is 13.0. The number of rotatable bonds is 11. The zero-order valence-corrected chi connectivity index (χ0v) is 13.0. The molecule has 0 aliphatic heterocycles. The lowest BCUT2D eigenvalue weighted by Gasteiger charge is -2.31. The maximum Gasteiger partial charge on any atom is 0.0902 e. The fourth-order valence-electron chi connectivity index (χ4n) is 2.35. The number of aliphatic hydroxyl groups is 2. The van der Waals surface area contributed by atoms with E-state index in [1.807, 2.05) is 36.4 Å². The molecule has 1 aromatic carbocycles. The van der Waals surface area contributed by atoms with Gasteiger partial charge >= 0.3 is 0 Å². The molecule has 2 N–H and O–H groups in total. The van der Waals surface area contributed by atoms with Gasteiger partial charge in [-0.1, -0.05) is 42.8 Å². The highest BCUT2D eigenvalue weighted by Crippen LogP contribution is 2.24. The Morgan fingerprint density at radius 2 is 2.00 bits per heavy atom. The van der Waals surface area contributed by atoms with E-state index < -0.39 is 5.60 Å². The SMILES string of the molecule is C=CCCCC[C@H](CO)[C@@](C)(O)COCc1ccccc1. The summed E-state index contributed by atoms with van der Waals surface area (Å²) < 4.78 is 5.62. The molecule has 0 spiro atoms. The Morgan fingerprint density at radius 3 is 2.62 bits per heavy atom. The Hall–Kier alpha value is -1.16. The maximum atomic E-state index is 10.5. The number of benzene rings is 1. The number of hydrogen-bond donors (Lipinski definition) is 2. The van der Waals surface area contributed by atoms with Gasteiger partial charge in [0.15, 0.2) is 0 Å². The fraction of sp³-hybridized carbons (Fsp3) is 0.556. The van der Waals surface area contributed by atoms with Gasteiger partial charge in [-0.15, -0.1) is 6.58 Å². The second-order valence-corrected chi connectivity index (χ2v) is 5.79. The Kier molecular flexibility index (Phi) is 8.28. The lowest BCUT2D eigenvalue weighted by atomic mass is 9.86. The van der Waals surface area contributed by atoms with Crippen LogP contribution >= 0.6 is 0 Å². The smallest absolute Gasteiger partial charge is 0.0902 e. The van der Waals surface area contributed by atoms with Gasteiger partial charge in [0, 0.05) is 12.5 Å². The first-order chi connectivity index (χ1) is 10.1. The highest BCUT2D eigenvalue weighted by molar-refractivity contribution is 5.13. The van der Waals surface area contributed by atoms with E-state index in [1.54, 1.807) is 6.92 Å². The van der Waals surface area contributed by atoms with E-state index >= 15 is 0 Å². The average Bonchev–Trinajstić information content (AvgIpc) is 2.48. The Bertz CT molecular complexity index is 387. The summed E-state index contributed by atoms with van der Waals surface area (Å²) in [4.78, 5) is 0. The molecule has 0 unspecified atom stereocenters. The second-order valence-electron chi connectivity index (χ2n) is 5.79. The van der Waals surface area contributed by atoms with Gasteiger partial charge in [-0.3, -0.25) is 0 Å². The summed E-state index contributed by atoms with van der Waals surface area (Å²) in [6, 6.07) is 9.88. The Morgan fingerprint density at radius 1 is 1.29 bits per heavy atom. The van der Waals surface area contributed by atoms with Gasteiger partial charge in [0.1, 0.15) is 0 Å². The molecule has 3 nitrogen and oxygen atoms in total. The van der Waals surface area contributed by atoms with Gasteiger partial charge in [-0.2, -0.15) is 0 Å². The van der Waals surface area contributed by atoms with Gasteiger partial charge in [0.05, 0.1) is 18.8 Å². The van der Waals surface area contributed by atoms with E-state index in [0.29, 0.717) is 6.61 Å². The van der Waals surface area contributed by atoms with E-state index in [0.717, 1.165) is 31.2 Å². The minimum atomic E-state index is -1.00. The average molecular weight is 292 g/mol. The van der Waals surface area contributed by atoms with Crippen LogP contribution in [0, 0.1) is 5.92 Å². The molecule has 21 heavy (non-hydrogen) atoms. The van der Waals surface area contributed by atoms with Crippen molar-refractivity contribution in [2.75, 3.05) is 13.2 Å². The van der Waals surface area contributed by atoms with Crippen molar-refractivity contribution in [3.8, 4) is 0 Å². The standard InChI is InChI=1S/C18H28O3/c1-3-4-5-9-12-17(13-19)18(2,20)15-21-14-16-10-7-6-8-11-16/h3,6-8,10-11,17,19-20H,1,4-5,9,12-15H2,2H3/t17-,18+/m1/s1. The predicted octanol–water partition coefficient (Wildman–Crippen LogP) is 3.31. The molecule has 0 saturated carbocycles. The van der Waals surface area contributed by atoms with Crippen LogP contribution in [0.1, 0.15) is 38.2 Å². The van der Waals surface area contributed by atoms with Crippen molar-refractivity contribution in [3.63, 3.8) is 0 Å². The monoisotopic (exact) mass is 292 g/mol. The highest BCUT2D eigenvalue weighted by atomic mass is 16.5. The van der Waals surface area contributed by atoms with Crippen molar-refractivity contribution in [2.24, 2.45) is 5.92 Å². The van der Waals surface area contributed by atoms with Crippen molar-refractivity contribution in [3.05, 3.63) is 48.6 Å². The van der Waals surface area contributed by atoms with Gasteiger partial charge < -0.3 is 14.9 Å². The summed E-state index contributed by atoms with van der Waals surface area (Å²) in [6.07, 6.45) is 5.69. The van der Waals surface area contributed by atoms with Crippen molar-refractivity contribution < 1.29 is 14.9 Å². The molecule has 2 atom stereocenters. The number of unbranched alkanes of at least 4 members (excludes halogenated alkanes) is 2. The molecule has 0 aromatic heterocycles. The van der Waals surface area contributed by atoms with Crippen LogP contribution in [-0.4, -0.2) is 29.0 Å². The summed E-state index contributed by atoms with van der Waals surface area (Å²) in [5.74, 6) is -0.155. The van der Waals surface area contributed by atoms with Crippen LogP contribution in [0.15, 0.2) is 43.0 Å². The van der Waals surface area contributed by atoms with E-state index in [-0.39, 0.29) is 19.1 Å². The van der Waals surface area contributed by atoms with Crippen LogP contribution in [0.25, 0.3) is 0 Å². The largest absolute Gasteiger partial charge is 0.396 e. The fourth-order valence-corrected chi connectivity index (χ4v) is 2.35. The maximum absolute atomic E-state index is 10.5. The molecule has 0 bridgehead atoms. The molecular formula is C18H28O3. The molecular weight excluding hydrogens is 264 g/mol. The van der Waals surface area contributed by atoms with Crippen LogP contribution in [0.2, 0.25) is 0 Å². The first-order valence-corrected chi connectivity index (χ1v) is 7.66. The van der Waals surface area contributed by atoms with Crippen LogP contribution in [0.5, 0.6) is 0 Å². The molecule has 1 aromatic rings. The molecule has 0 heterocycles. The van der Waals surface area contributed by atoms with E-state index in [2.05, 4.69) is 6.58 Å². The van der Waals surface area contributed by atoms with E-state index in [9.17, 15) is 10.2 Å². The lowest BCUT2D eigenvalue weighted by Crippen LogP contribution is -2.41. The lowest BCUT2D eigenvalue weighted by molar-refractivity contribution is -0.0911. The van der Waals surface area contributed by atoms with Crippen LogP contribution in [0.4, 0.5) is 0 Å². The molecule has 118 valence electrons. The highest BCUT2D eigenvalue weighted by Gasteiger charge is 2.31. The Labute approximate surface area is 128 Å². The van der Waals surface area contributed by atoms with Crippen molar-refractivity contribution in [1.82, 2.24) is 0 Å². The molecule has 0 aliphatic carbocycles. The third kappa shape index (κ3) is 6.89. The van der Waals surface area contributed by atoms with Crippen LogP contribution < -0.4 is 0 Å². The first-order valence-electron chi connectivity index (χ1n) is 7.66. The normalized spacial score (nSPS) is 15.4. The number of ether oxygens (including phenoxy) is 1. The molecule has 0 radical (unpaired) electrons. The number of aliphatic hydroxyl groups excluding tert-OH is 1. The van der Waals surface area contributed by atoms with Gasteiger partial charge in [-0.05, 0) is 31.7 Å². The third-order valence-corrected chi connectivity index (χ3v) is 3.82. The minimum Gasteiger partial charge on any atom is -0.396 e. The van der Waals surface area contributed by atoms with Gasteiger partial charge in [0.25, 0.3) is 0 Å². The van der Waals surface area contributed by atoms with Crippen molar-refractivity contribution in [2.45, 2.75) is 44.8 Å². The van der Waals surface area contributed by atoms with Crippen molar-refractivity contribution in [1.29, 1.82) is 0 Å². The molecule has 0 saturated heterocycles. The summed E-state index contributed by atoms with van der Waals surface area (Å²) >= 11 is 0. The van der Waals surface area contributed by atoms with Crippen LogP contribution in [0.3, 0.4) is 0 Å². The van der Waals surface area contributed by atoms with Gasteiger partial charge in [-0.25, -0.2) is 0 Å². The van der Waals surface area contributed by atoms with Gasteiger partial charge in [0.2, 0.25) is 0 Å². The minimum absolute atomic E-state index is 0.0181. The molecule has 0 amide bonds. The number of hydrogen-bond acceptors (Lipinski definition) is 3. The number of allylic oxidation sites excluding steroid dienone is 1. The quantitative estimate of drug-likeness (QED) is 0.486. The summed E-state index contributed by atoms with van der Waals surface area (Å²) in [5, 5.41) is 20.0.